The summed E-state index contributed by atoms with van der Waals surface area (Å²) in [5.74, 6) is -1.23. The molecule has 35 heavy (non-hydrogen) atoms. The van der Waals surface area contributed by atoms with Crippen LogP contribution in [-0.2, 0) is 59.9 Å². The molecule has 0 N–H and O–H groups in total. The maximum atomic E-state index is 13.5. The molecule has 1 fully saturated rings. The van der Waals surface area contributed by atoms with E-state index in [0.717, 1.165) is 11.1 Å². The van der Waals surface area contributed by atoms with Gasteiger partial charge in [-0.25, -0.2) is 4.57 Å². The lowest BCUT2D eigenvalue weighted by Gasteiger charge is -2.24. The molecule has 3 rings (SSSR count). The Morgan fingerprint density at radius 1 is 0.800 bits per heavy atom. The number of hydrogen-bond acceptors (Lipinski definition) is 10. The lowest BCUT2D eigenvalue weighted by atomic mass is 10.1. The number of phosphoric acid groups is 1. The maximum Gasteiger partial charge on any atom is 0.475 e. The number of carbonyl (C=O) groups is 2. The van der Waals surface area contributed by atoms with Crippen LogP contribution >= 0.6 is 7.82 Å². The summed E-state index contributed by atoms with van der Waals surface area (Å²) >= 11 is 0. The summed E-state index contributed by atoms with van der Waals surface area (Å²) in [4.78, 5) is 23.3. The lowest BCUT2D eigenvalue weighted by Crippen LogP contribution is -2.41. The van der Waals surface area contributed by atoms with E-state index in [-0.39, 0.29) is 19.8 Å². The van der Waals surface area contributed by atoms with Gasteiger partial charge in [0.05, 0.1) is 19.8 Å². The van der Waals surface area contributed by atoms with E-state index in [2.05, 4.69) is 0 Å². The van der Waals surface area contributed by atoms with Gasteiger partial charge in [0.2, 0.25) is 0 Å². The molecule has 4 atom stereocenters. The first kappa shape index (κ1) is 27.0. The van der Waals surface area contributed by atoms with Gasteiger partial charge in [-0.1, -0.05) is 60.7 Å². The van der Waals surface area contributed by atoms with Crippen molar-refractivity contribution in [3.05, 3.63) is 71.8 Å². The van der Waals surface area contributed by atoms with E-state index in [4.69, 9.17) is 32.5 Å². The highest BCUT2D eigenvalue weighted by Gasteiger charge is 2.50. The minimum Gasteiger partial charge on any atom is -0.455 e. The third-order valence-corrected chi connectivity index (χ3v) is 6.32. The number of esters is 2. The second-order valence-electron chi connectivity index (χ2n) is 7.69. The summed E-state index contributed by atoms with van der Waals surface area (Å²) < 4.78 is 51.8. The third kappa shape index (κ3) is 8.24. The predicted molar refractivity (Wildman–Crippen MR) is 123 cm³/mol. The lowest BCUT2D eigenvalue weighted by molar-refractivity contribution is -0.181. The van der Waals surface area contributed by atoms with Crippen LogP contribution in [0.4, 0.5) is 0 Å². The zero-order chi connectivity index (χ0) is 25.3. The van der Waals surface area contributed by atoms with Gasteiger partial charge in [-0.15, -0.1) is 0 Å². The fraction of sp³-hybridized carbons (Fsp3) is 0.417. The van der Waals surface area contributed by atoms with E-state index in [1.165, 1.54) is 21.0 Å². The van der Waals surface area contributed by atoms with Gasteiger partial charge in [0.15, 0.2) is 18.5 Å². The molecule has 0 saturated carbocycles. The first-order valence-corrected chi connectivity index (χ1v) is 12.4. The Morgan fingerprint density at radius 3 is 1.74 bits per heavy atom. The fourth-order valence-corrected chi connectivity index (χ4v) is 4.57. The van der Waals surface area contributed by atoms with Crippen molar-refractivity contribution in [3.8, 4) is 0 Å². The van der Waals surface area contributed by atoms with Crippen molar-refractivity contribution < 1.29 is 46.7 Å². The third-order valence-electron chi connectivity index (χ3n) is 4.97. The van der Waals surface area contributed by atoms with Crippen LogP contribution in [0.25, 0.3) is 0 Å². The van der Waals surface area contributed by atoms with Crippen molar-refractivity contribution in [1.29, 1.82) is 0 Å². The summed E-state index contributed by atoms with van der Waals surface area (Å²) in [6.45, 7) is 2.02. The molecule has 0 bridgehead atoms. The quantitative estimate of drug-likeness (QED) is 0.310. The van der Waals surface area contributed by atoms with E-state index in [1.807, 2.05) is 60.7 Å². The first-order chi connectivity index (χ1) is 16.8. The largest absolute Gasteiger partial charge is 0.475 e. The van der Waals surface area contributed by atoms with E-state index < -0.39 is 44.4 Å². The Balaban J connectivity index is 1.73. The van der Waals surface area contributed by atoms with Crippen molar-refractivity contribution in [3.63, 3.8) is 0 Å². The molecule has 10 nitrogen and oxygen atoms in total. The second-order valence-corrected chi connectivity index (χ2v) is 9.36. The number of phosphoric ester groups is 1. The van der Waals surface area contributed by atoms with Gasteiger partial charge >= 0.3 is 19.8 Å². The van der Waals surface area contributed by atoms with Crippen molar-refractivity contribution >= 4 is 19.8 Å². The summed E-state index contributed by atoms with van der Waals surface area (Å²) in [5, 5.41) is 0. The number of hydrogen-bond donors (Lipinski definition) is 0. The Kier molecular flexibility index (Phi) is 9.97. The smallest absolute Gasteiger partial charge is 0.455 e. The Morgan fingerprint density at radius 2 is 1.29 bits per heavy atom. The standard InChI is InChI=1S/C24H29O10P/c1-17(25)32-22-21(34-24(28-3)23(22)33-18(2)26)16-31-35(27,29-14-19-10-6-4-7-11-19)30-15-20-12-8-5-9-13-20/h4-13,21-24H,14-16H2,1-3H3/t21-,22-,23-,24-/m1/s1. The topological polar surface area (TPSA) is 116 Å². The van der Waals surface area contributed by atoms with Crippen LogP contribution in [0.15, 0.2) is 60.7 Å². The second kappa shape index (κ2) is 12.9. The monoisotopic (exact) mass is 508 g/mol. The summed E-state index contributed by atoms with van der Waals surface area (Å²) in [6, 6.07) is 18.2. The number of ether oxygens (including phenoxy) is 4. The molecule has 1 aliphatic heterocycles. The number of rotatable bonds is 12. The van der Waals surface area contributed by atoms with Crippen LogP contribution in [-0.4, -0.2) is 50.3 Å². The highest BCUT2D eigenvalue weighted by molar-refractivity contribution is 7.48. The van der Waals surface area contributed by atoms with Gasteiger partial charge < -0.3 is 18.9 Å². The van der Waals surface area contributed by atoms with E-state index in [1.54, 1.807) is 0 Å². The molecule has 0 amide bonds. The molecule has 190 valence electrons. The minimum absolute atomic E-state index is 0.0252. The van der Waals surface area contributed by atoms with Gasteiger partial charge in [0, 0.05) is 21.0 Å². The molecule has 0 aromatic heterocycles. The highest BCUT2D eigenvalue weighted by Crippen LogP contribution is 2.51. The van der Waals surface area contributed by atoms with Crippen molar-refractivity contribution in [1.82, 2.24) is 0 Å². The molecular formula is C24H29O10P. The van der Waals surface area contributed by atoms with E-state index >= 15 is 0 Å². The summed E-state index contributed by atoms with van der Waals surface area (Å²) in [6.07, 6.45) is -4.09. The highest BCUT2D eigenvalue weighted by atomic mass is 31.2. The zero-order valence-corrected chi connectivity index (χ0v) is 20.6. The van der Waals surface area contributed by atoms with Crippen molar-refractivity contribution in [2.45, 2.75) is 51.7 Å². The molecule has 11 heteroatoms. The van der Waals surface area contributed by atoms with Crippen LogP contribution in [0, 0.1) is 0 Å². The fourth-order valence-electron chi connectivity index (χ4n) is 3.40. The van der Waals surface area contributed by atoms with Crippen LogP contribution < -0.4 is 0 Å². The average Bonchev–Trinajstić information content (AvgIpc) is 3.16. The molecule has 0 radical (unpaired) electrons. The molecule has 2 aromatic carbocycles. The first-order valence-electron chi connectivity index (χ1n) is 10.9. The maximum absolute atomic E-state index is 13.5. The normalized spacial score (nSPS) is 22.0. The Bertz CT molecular complexity index is 952. The zero-order valence-electron chi connectivity index (χ0n) is 19.7. The molecule has 1 aliphatic rings. The molecule has 0 unspecified atom stereocenters. The van der Waals surface area contributed by atoms with Crippen LogP contribution in [0.1, 0.15) is 25.0 Å². The average molecular weight is 508 g/mol. The van der Waals surface area contributed by atoms with Gasteiger partial charge in [-0.3, -0.25) is 23.2 Å². The Hall–Kier alpha value is -2.59. The molecule has 0 spiro atoms. The van der Waals surface area contributed by atoms with Crippen molar-refractivity contribution in [2.75, 3.05) is 13.7 Å². The van der Waals surface area contributed by atoms with Crippen molar-refractivity contribution in [2.24, 2.45) is 0 Å². The summed E-state index contributed by atoms with van der Waals surface area (Å²) in [5.41, 5.74) is 1.54. The number of benzene rings is 2. The van der Waals surface area contributed by atoms with Crippen LogP contribution in [0.2, 0.25) is 0 Å². The minimum atomic E-state index is -4.11. The van der Waals surface area contributed by atoms with Crippen LogP contribution in [0.5, 0.6) is 0 Å². The van der Waals surface area contributed by atoms with E-state index in [9.17, 15) is 14.2 Å². The predicted octanol–water partition coefficient (Wildman–Crippen LogP) is 3.78. The Labute approximate surface area is 204 Å². The molecule has 1 heterocycles. The van der Waals surface area contributed by atoms with Gasteiger partial charge in [-0.2, -0.15) is 0 Å². The molecular weight excluding hydrogens is 479 g/mol. The number of methoxy groups -OCH3 is 1. The molecule has 0 aliphatic carbocycles. The van der Waals surface area contributed by atoms with Crippen LogP contribution in [0.3, 0.4) is 0 Å². The van der Waals surface area contributed by atoms with Gasteiger partial charge in [0.25, 0.3) is 0 Å². The molecule has 2 aromatic rings. The number of carbonyl (C=O) groups excluding carboxylic acids is 2. The van der Waals surface area contributed by atoms with E-state index in [0.29, 0.717) is 0 Å². The van der Waals surface area contributed by atoms with Gasteiger partial charge in [0.1, 0.15) is 6.10 Å². The SMILES string of the molecule is CO[C@@H]1O[C@H](COP(=O)(OCc2ccccc2)OCc2ccccc2)[C@@H](OC(C)=O)[C@H]1OC(C)=O. The molecule has 1 saturated heterocycles. The summed E-state index contributed by atoms with van der Waals surface area (Å²) in [7, 11) is -2.75. The van der Waals surface area contributed by atoms with Gasteiger partial charge in [-0.05, 0) is 11.1 Å².